The van der Waals surface area contributed by atoms with Crippen molar-refractivity contribution >= 4 is 11.8 Å². The van der Waals surface area contributed by atoms with Crippen LogP contribution in [-0.4, -0.2) is 43.0 Å². The summed E-state index contributed by atoms with van der Waals surface area (Å²) >= 11 is 0. The number of piperidine rings is 1. The zero-order chi connectivity index (χ0) is 17.7. The molecule has 2 rings (SSSR count). The second-order valence-corrected chi connectivity index (χ2v) is 6.96. The van der Waals surface area contributed by atoms with Gasteiger partial charge in [-0.25, -0.2) is 0 Å². The molecule has 0 spiro atoms. The van der Waals surface area contributed by atoms with E-state index in [-0.39, 0.29) is 17.7 Å². The number of nitrogens with zero attached hydrogens (tertiary/aromatic N) is 1. The average Bonchev–Trinajstić information content (AvgIpc) is 2.58. The van der Waals surface area contributed by atoms with E-state index in [1.54, 1.807) is 31.4 Å². The molecule has 0 aliphatic carbocycles. The second-order valence-electron chi connectivity index (χ2n) is 6.96. The Morgan fingerprint density at radius 1 is 1.25 bits per heavy atom. The summed E-state index contributed by atoms with van der Waals surface area (Å²) in [5, 5.41) is 2.91. The smallest absolute Gasteiger partial charge is 0.251 e. The fraction of sp³-hybridized carbons (Fsp3) is 0.579. The van der Waals surface area contributed by atoms with Gasteiger partial charge in [-0.3, -0.25) is 9.59 Å². The first-order chi connectivity index (χ1) is 11.4. The Morgan fingerprint density at radius 2 is 1.92 bits per heavy atom. The van der Waals surface area contributed by atoms with Crippen LogP contribution in [0.15, 0.2) is 24.3 Å². The molecule has 1 aliphatic rings. The third-order valence-corrected chi connectivity index (χ3v) is 4.54. The highest BCUT2D eigenvalue weighted by molar-refractivity contribution is 5.97. The molecule has 2 unspecified atom stereocenters. The summed E-state index contributed by atoms with van der Waals surface area (Å²) in [5.74, 6) is 1.06. The minimum atomic E-state index is -0.495. The van der Waals surface area contributed by atoms with E-state index >= 15 is 0 Å². The maximum absolute atomic E-state index is 12.8. The van der Waals surface area contributed by atoms with Gasteiger partial charge in [-0.2, -0.15) is 0 Å². The number of nitrogens with one attached hydrogen (secondary N) is 1. The number of carbonyl (C=O) groups excluding carboxylic acids is 2. The number of methoxy groups -OCH3 is 1. The zero-order valence-corrected chi connectivity index (χ0v) is 15.0. The van der Waals surface area contributed by atoms with E-state index in [1.807, 2.05) is 18.7 Å². The van der Waals surface area contributed by atoms with Crippen molar-refractivity contribution in [3.8, 4) is 5.75 Å². The summed E-state index contributed by atoms with van der Waals surface area (Å²) < 4.78 is 5.10. The lowest BCUT2D eigenvalue weighted by Crippen LogP contribution is -2.53. The minimum absolute atomic E-state index is 0.0263. The number of rotatable bonds is 5. The average molecular weight is 332 g/mol. The summed E-state index contributed by atoms with van der Waals surface area (Å²) in [6, 6.07) is 6.41. The van der Waals surface area contributed by atoms with Crippen molar-refractivity contribution in [3.63, 3.8) is 0 Å². The molecule has 0 bridgehead atoms. The Balaban J connectivity index is 2.06. The van der Waals surface area contributed by atoms with Gasteiger partial charge in [0.1, 0.15) is 11.8 Å². The van der Waals surface area contributed by atoms with E-state index < -0.39 is 6.04 Å². The summed E-state index contributed by atoms with van der Waals surface area (Å²) in [4.78, 5) is 27.2. The van der Waals surface area contributed by atoms with Crippen molar-refractivity contribution in [1.29, 1.82) is 0 Å². The fourth-order valence-corrected chi connectivity index (χ4v) is 3.07. The molecule has 5 heteroatoms. The molecule has 0 saturated carbocycles. The third kappa shape index (κ3) is 4.49. The van der Waals surface area contributed by atoms with Crippen LogP contribution in [0.3, 0.4) is 0 Å². The SMILES string of the molecule is COc1ccc(C(=O)NC(C(=O)N2CCCC(C)C2)C(C)C)cc1. The van der Waals surface area contributed by atoms with Gasteiger partial charge < -0.3 is 15.0 Å². The molecular weight excluding hydrogens is 304 g/mol. The first-order valence-electron chi connectivity index (χ1n) is 8.66. The molecule has 1 N–H and O–H groups in total. The molecule has 1 aromatic rings. The highest BCUT2D eigenvalue weighted by Gasteiger charge is 2.30. The number of likely N-dealkylation sites (tertiary alicyclic amines) is 1. The van der Waals surface area contributed by atoms with Crippen molar-refractivity contribution in [2.75, 3.05) is 20.2 Å². The van der Waals surface area contributed by atoms with E-state index in [1.165, 1.54) is 0 Å². The first kappa shape index (κ1) is 18.3. The van der Waals surface area contributed by atoms with Gasteiger partial charge in [-0.15, -0.1) is 0 Å². The molecule has 2 atom stereocenters. The van der Waals surface area contributed by atoms with Gasteiger partial charge in [0.2, 0.25) is 5.91 Å². The van der Waals surface area contributed by atoms with Crippen LogP contribution in [-0.2, 0) is 4.79 Å². The van der Waals surface area contributed by atoms with Crippen LogP contribution in [0.25, 0.3) is 0 Å². The molecule has 0 radical (unpaired) electrons. The Hall–Kier alpha value is -2.04. The third-order valence-electron chi connectivity index (χ3n) is 4.54. The lowest BCUT2D eigenvalue weighted by Gasteiger charge is -2.35. The molecule has 1 fully saturated rings. The van der Waals surface area contributed by atoms with Crippen LogP contribution in [0.5, 0.6) is 5.75 Å². The second kappa shape index (κ2) is 8.18. The van der Waals surface area contributed by atoms with Crippen LogP contribution in [0.4, 0.5) is 0 Å². The van der Waals surface area contributed by atoms with Gasteiger partial charge >= 0.3 is 0 Å². The number of carbonyl (C=O) groups is 2. The monoisotopic (exact) mass is 332 g/mol. The highest BCUT2D eigenvalue weighted by Crippen LogP contribution is 2.18. The van der Waals surface area contributed by atoms with E-state index in [4.69, 9.17) is 4.74 Å². The Morgan fingerprint density at radius 3 is 2.46 bits per heavy atom. The summed E-state index contributed by atoms with van der Waals surface area (Å²) in [6.07, 6.45) is 2.19. The van der Waals surface area contributed by atoms with Crippen LogP contribution in [0.2, 0.25) is 0 Å². The molecule has 1 aliphatic heterocycles. The normalized spacial score (nSPS) is 19.0. The topological polar surface area (TPSA) is 58.6 Å². The van der Waals surface area contributed by atoms with Crippen LogP contribution in [0, 0.1) is 11.8 Å². The lowest BCUT2D eigenvalue weighted by molar-refractivity contribution is -0.136. The molecule has 24 heavy (non-hydrogen) atoms. The molecule has 0 aromatic heterocycles. The number of amides is 2. The lowest BCUT2D eigenvalue weighted by atomic mass is 9.97. The van der Waals surface area contributed by atoms with Crippen LogP contribution in [0.1, 0.15) is 44.0 Å². The maximum atomic E-state index is 12.8. The van der Waals surface area contributed by atoms with E-state index in [2.05, 4.69) is 12.2 Å². The van der Waals surface area contributed by atoms with Crippen molar-refractivity contribution in [2.45, 2.75) is 39.7 Å². The molecular formula is C19H28N2O3. The molecule has 1 saturated heterocycles. The molecule has 1 aromatic carbocycles. The van der Waals surface area contributed by atoms with Crippen LogP contribution < -0.4 is 10.1 Å². The van der Waals surface area contributed by atoms with Crippen molar-refractivity contribution in [2.24, 2.45) is 11.8 Å². The van der Waals surface area contributed by atoms with Crippen molar-refractivity contribution in [1.82, 2.24) is 10.2 Å². The van der Waals surface area contributed by atoms with Crippen molar-refractivity contribution < 1.29 is 14.3 Å². The zero-order valence-electron chi connectivity index (χ0n) is 15.0. The van der Waals surface area contributed by atoms with Crippen molar-refractivity contribution in [3.05, 3.63) is 29.8 Å². The number of hydrogen-bond donors (Lipinski definition) is 1. The fourth-order valence-electron chi connectivity index (χ4n) is 3.07. The Bertz CT molecular complexity index is 568. The Labute approximate surface area is 144 Å². The van der Waals surface area contributed by atoms with Gasteiger partial charge in [0.25, 0.3) is 5.91 Å². The number of ether oxygens (including phenoxy) is 1. The minimum Gasteiger partial charge on any atom is -0.497 e. The predicted molar refractivity (Wildman–Crippen MR) is 94.1 cm³/mol. The Kier molecular flexibility index (Phi) is 6.23. The van der Waals surface area contributed by atoms with E-state index in [9.17, 15) is 9.59 Å². The molecule has 2 amide bonds. The molecule has 5 nitrogen and oxygen atoms in total. The summed E-state index contributed by atoms with van der Waals surface area (Å²) in [5.41, 5.74) is 0.529. The van der Waals surface area contributed by atoms with E-state index in [0.717, 1.165) is 25.9 Å². The summed E-state index contributed by atoms with van der Waals surface area (Å²) in [6.45, 7) is 7.65. The predicted octanol–water partition coefficient (Wildman–Crippen LogP) is 2.71. The molecule has 132 valence electrons. The molecule has 1 heterocycles. The van der Waals surface area contributed by atoms with Crippen LogP contribution >= 0.6 is 0 Å². The quantitative estimate of drug-likeness (QED) is 0.902. The van der Waals surface area contributed by atoms with Gasteiger partial charge in [-0.05, 0) is 48.9 Å². The highest BCUT2D eigenvalue weighted by atomic mass is 16.5. The maximum Gasteiger partial charge on any atom is 0.251 e. The first-order valence-corrected chi connectivity index (χ1v) is 8.66. The largest absolute Gasteiger partial charge is 0.497 e. The van der Waals surface area contributed by atoms with E-state index in [0.29, 0.717) is 17.2 Å². The van der Waals surface area contributed by atoms with Gasteiger partial charge in [0.05, 0.1) is 7.11 Å². The van der Waals surface area contributed by atoms with Gasteiger partial charge in [-0.1, -0.05) is 20.8 Å². The standard InChI is InChI=1S/C19H28N2O3/c1-13(2)17(19(23)21-11-5-6-14(3)12-21)20-18(22)15-7-9-16(24-4)10-8-15/h7-10,13-14,17H,5-6,11-12H2,1-4H3,(H,20,22). The summed E-state index contributed by atoms with van der Waals surface area (Å²) in [7, 11) is 1.59. The number of hydrogen-bond acceptors (Lipinski definition) is 3. The number of benzene rings is 1. The van der Waals surface area contributed by atoms with Gasteiger partial charge in [0, 0.05) is 18.7 Å². The van der Waals surface area contributed by atoms with Gasteiger partial charge in [0.15, 0.2) is 0 Å².